The van der Waals surface area contributed by atoms with E-state index in [1.807, 2.05) is 0 Å². The van der Waals surface area contributed by atoms with Crippen molar-refractivity contribution in [2.45, 2.75) is 0 Å². The molecule has 0 saturated heterocycles. The van der Waals surface area contributed by atoms with Gasteiger partial charge in [-0.1, -0.05) is 11.6 Å². The lowest BCUT2D eigenvalue weighted by Crippen LogP contribution is -2.26. The highest BCUT2D eigenvalue weighted by molar-refractivity contribution is 6.29. The van der Waals surface area contributed by atoms with Gasteiger partial charge in [-0.3, -0.25) is 14.8 Å². The summed E-state index contributed by atoms with van der Waals surface area (Å²) in [6.45, 7) is 0.377. The standard InChI is InChI=1S/C10H8ClN5O2/c11-6-2-1-5(3-12-6)16-4-13-8-7(16)9(17)15-10(18)14-8/h1-3H,4H2,(H3,13,14,15,17,18). The number of hydrogen-bond acceptors (Lipinski definition) is 5. The number of nitrogens with one attached hydrogen (secondary N) is 3. The highest BCUT2D eigenvalue weighted by atomic mass is 35.5. The summed E-state index contributed by atoms with van der Waals surface area (Å²) in [4.78, 5) is 33.3. The maximum absolute atomic E-state index is 11.8. The van der Waals surface area contributed by atoms with Crippen molar-refractivity contribution in [3.63, 3.8) is 0 Å². The highest BCUT2D eigenvalue weighted by Gasteiger charge is 2.24. The van der Waals surface area contributed by atoms with Crippen LogP contribution < -0.4 is 21.5 Å². The van der Waals surface area contributed by atoms with E-state index in [-0.39, 0.29) is 0 Å². The zero-order chi connectivity index (χ0) is 12.7. The Balaban J connectivity index is 2.13. The maximum atomic E-state index is 11.8. The molecule has 1 aliphatic rings. The number of aromatic amines is 2. The first kappa shape index (κ1) is 10.8. The summed E-state index contributed by atoms with van der Waals surface area (Å²) in [5.74, 6) is 0.402. The minimum atomic E-state index is -0.540. The Bertz CT molecular complexity index is 705. The maximum Gasteiger partial charge on any atom is 0.327 e. The summed E-state index contributed by atoms with van der Waals surface area (Å²) in [5, 5.41) is 3.31. The Morgan fingerprint density at radius 2 is 2.11 bits per heavy atom. The fourth-order valence-corrected chi connectivity index (χ4v) is 1.96. The molecular formula is C10H8ClN5O2. The third-order valence-corrected chi connectivity index (χ3v) is 2.85. The van der Waals surface area contributed by atoms with E-state index in [1.54, 1.807) is 23.2 Å². The van der Waals surface area contributed by atoms with Gasteiger partial charge in [0.1, 0.15) is 11.0 Å². The predicted molar refractivity (Wildman–Crippen MR) is 67.6 cm³/mol. The topological polar surface area (TPSA) is 93.9 Å². The van der Waals surface area contributed by atoms with E-state index in [2.05, 4.69) is 20.3 Å². The van der Waals surface area contributed by atoms with Crippen LogP contribution in [0.15, 0.2) is 27.9 Å². The zero-order valence-electron chi connectivity index (χ0n) is 9.03. The summed E-state index contributed by atoms with van der Waals surface area (Å²) < 4.78 is 0. The quantitative estimate of drug-likeness (QED) is 0.658. The molecule has 0 amide bonds. The molecular weight excluding hydrogens is 258 g/mol. The number of hydrogen-bond donors (Lipinski definition) is 3. The van der Waals surface area contributed by atoms with Crippen molar-refractivity contribution in [2.75, 3.05) is 16.9 Å². The molecule has 0 unspecified atom stereocenters. The molecule has 18 heavy (non-hydrogen) atoms. The number of aromatic nitrogens is 3. The van der Waals surface area contributed by atoms with Crippen molar-refractivity contribution >= 4 is 28.8 Å². The van der Waals surface area contributed by atoms with Gasteiger partial charge in [0.25, 0.3) is 5.56 Å². The molecule has 0 fully saturated rings. The molecule has 2 aromatic heterocycles. The van der Waals surface area contributed by atoms with E-state index in [9.17, 15) is 9.59 Å². The molecule has 0 aromatic carbocycles. The van der Waals surface area contributed by atoms with Gasteiger partial charge in [0, 0.05) is 0 Å². The molecule has 1 aliphatic heterocycles. The summed E-state index contributed by atoms with van der Waals surface area (Å²) in [6, 6.07) is 3.38. The number of rotatable bonds is 1. The molecule has 0 bridgehead atoms. The molecule has 0 atom stereocenters. The molecule has 0 saturated carbocycles. The number of anilines is 3. The van der Waals surface area contributed by atoms with Crippen LogP contribution in [0.1, 0.15) is 0 Å². The molecule has 3 heterocycles. The fraction of sp³-hybridized carbons (Fsp3) is 0.100. The average Bonchev–Trinajstić information content (AvgIpc) is 2.74. The summed E-state index contributed by atoms with van der Waals surface area (Å²) >= 11 is 5.71. The second kappa shape index (κ2) is 3.88. The summed E-state index contributed by atoms with van der Waals surface area (Å²) in [7, 11) is 0. The molecule has 3 N–H and O–H groups in total. The normalized spacial score (nSPS) is 13.3. The third kappa shape index (κ3) is 1.65. The lowest BCUT2D eigenvalue weighted by molar-refractivity contribution is 1.04. The largest absolute Gasteiger partial charge is 0.352 e. The van der Waals surface area contributed by atoms with Crippen molar-refractivity contribution in [3.8, 4) is 0 Å². The molecule has 92 valence electrons. The smallest absolute Gasteiger partial charge is 0.327 e. The van der Waals surface area contributed by atoms with Crippen LogP contribution in [-0.2, 0) is 0 Å². The van der Waals surface area contributed by atoms with Gasteiger partial charge in [-0.2, -0.15) is 0 Å². The van der Waals surface area contributed by atoms with Gasteiger partial charge < -0.3 is 10.2 Å². The second-order valence-corrected chi connectivity index (χ2v) is 4.12. The Morgan fingerprint density at radius 1 is 1.28 bits per heavy atom. The van der Waals surface area contributed by atoms with Crippen molar-refractivity contribution in [1.29, 1.82) is 0 Å². The van der Waals surface area contributed by atoms with Crippen LogP contribution in [0, 0.1) is 0 Å². The highest BCUT2D eigenvalue weighted by Crippen LogP contribution is 2.30. The van der Waals surface area contributed by atoms with E-state index < -0.39 is 11.2 Å². The van der Waals surface area contributed by atoms with Gasteiger partial charge in [-0.15, -0.1) is 0 Å². The molecule has 2 aromatic rings. The van der Waals surface area contributed by atoms with E-state index in [1.165, 1.54) is 0 Å². The van der Waals surface area contributed by atoms with E-state index in [4.69, 9.17) is 11.6 Å². The molecule has 0 spiro atoms. The number of halogens is 1. The molecule has 8 heteroatoms. The first-order valence-electron chi connectivity index (χ1n) is 5.15. The molecule has 0 aliphatic carbocycles. The molecule has 0 radical (unpaired) electrons. The number of nitrogens with zero attached hydrogens (tertiary/aromatic N) is 2. The van der Waals surface area contributed by atoms with Gasteiger partial charge in [0.05, 0.1) is 18.6 Å². The van der Waals surface area contributed by atoms with Crippen LogP contribution in [0.2, 0.25) is 5.15 Å². The molecule has 7 nitrogen and oxygen atoms in total. The lowest BCUT2D eigenvalue weighted by Gasteiger charge is -2.15. The first-order chi connectivity index (χ1) is 8.65. The van der Waals surface area contributed by atoms with Gasteiger partial charge in [-0.05, 0) is 12.1 Å². The minimum absolute atomic E-state index is 0.360. The Kier molecular flexibility index (Phi) is 2.34. The van der Waals surface area contributed by atoms with Gasteiger partial charge >= 0.3 is 5.69 Å². The Labute approximate surface area is 105 Å². The Hall–Kier alpha value is -2.28. The second-order valence-electron chi connectivity index (χ2n) is 3.73. The van der Waals surface area contributed by atoms with Crippen LogP contribution in [0.3, 0.4) is 0 Å². The Morgan fingerprint density at radius 3 is 2.83 bits per heavy atom. The lowest BCUT2D eigenvalue weighted by atomic mass is 10.3. The van der Waals surface area contributed by atoms with Crippen LogP contribution in [0.25, 0.3) is 0 Å². The average molecular weight is 266 g/mol. The van der Waals surface area contributed by atoms with E-state index in [0.29, 0.717) is 29.0 Å². The third-order valence-electron chi connectivity index (χ3n) is 2.62. The summed E-state index contributed by atoms with van der Waals surface area (Å²) in [6.07, 6.45) is 1.56. The van der Waals surface area contributed by atoms with Crippen LogP contribution in [0.5, 0.6) is 0 Å². The van der Waals surface area contributed by atoms with Gasteiger partial charge in [0.2, 0.25) is 0 Å². The van der Waals surface area contributed by atoms with Gasteiger partial charge in [-0.25, -0.2) is 9.78 Å². The van der Waals surface area contributed by atoms with Crippen LogP contribution in [0.4, 0.5) is 17.2 Å². The number of fused-ring (bicyclic) bond motifs is 1. The number of H-pyrrole nitrogens is 2. The van der Waals surface area contributed by atoms with Crippen molar-refractivity contribution in [3.05, 3.63) is 44.3 Å². The zero-order valence-corrected chi connectivity index (χ0v) is 9.78. The van der Waals surface area contributed by atoms with E-state index >= 15 is 0 Å². The van der Waals surface area contributed by atoms with Crippen molar-refractivity contribution in [2.24, 2.45) is 0 Å². The molecule has 3 rings (SSSR count). The van der Waals surface area contributed by atoms with Crippen LogP contribution in [-0.4, -0.2) is 21.6 Å². The van der Waals surface area contributed by atoms with Crippen molar-refractivity contribution < 1.29 is 0 Å². The van der Waals surface area contributed by atoms with E-state index in [0.717, 1.165) is 0 Å². The number of pyridine rings is 1. The van der Waals surface area contributed by atoms with Gasteiger partial charge in [0.15, 0.2) is 5.69 Å². The van der Waals surface area contributed by atoms with Crippen molar-refractivity contribution in [1.82, 2.24) is 15.0 Å². The SMILES string of the molecule is O=c1[nH]c2c(c(=O)[nH]1)N(c1ccc(Cl)nc1)CN2. The monoisotopic (exact) mass is 265 g/mol. The van der Waals surface area contributed by atoms with Crippen LogP contribution >= 0.6 is 11.6 Å². The minimum Gasteiger partial charge on any atom is -0.352 e. The first-order valence-corrected chi connectivity index (χ1v) is 5.52. The summed E-state index contributed by atoms with van der Waals surface area (Å²) in [5.41, 5.74) is 0.0814. The predicted octanol–water partition coefficient (Wildman–Crippen LogP) is 0.633. The fourth-order valence-electron chi connectivity index (χ4n) is 1.85.